The fourth-order valence-electron chi connectivity index (χ4n) is 2.50. The zero-order valence-corrected chi connectivity index (χ0v) is 12.0. The summed E-state index contributed by atoms with van der Waals surface area (Å²) in [5.41, 5.74) is 0. The molecule has 0 bridgehead atoms. The Morgan fingerprint density at radius 3 is 2.33 bits per heavy atom. The lowest BCUT2D eigenvalue weighted by molar-refractivity contribution is -0.142. The summed E-state index contributed by atoms with van der Waals surface area (Å²) < 4.78 is 63.8. The van der Waals surface area contributed by atoms with Crippen LogP contribution < -0.4 is 0 Å². The molecule has 1 aliphatic heterocycles. The number of alkyl halides is 3. The second kappa shape index (κ2) is 5.73. The van der Waals surface area contributed by atoms with Gasteiger partial charge in [0.05, 0.1) is 0 Å². The topological polar surface area (TPSA) is 77.9 Å². The maximum atomic E-state index is 12.6. The first-order chi connectivity index (χ1) is 9.63. The standard InChI is InChI=1S/C11H17F3N2O4S/c12-11(13,14)7-16(8-4-5-8)21(19,20)15-6-2-1-3-9(15)10(17)18/h8-9H,1-7H2,(H,17,18). The van der Waals surface area contributed by atoms with Gasteiger partial charge in [0.25, 0.3) is 10.2 Å². The van der Waals surface area contributed by atoms with Gasteiger partial charge in [0.1, 0.15) is 12.6 Å². The largest absolute Gasteiger partial charge is 0.480 e. The van der Waals surface area contributed by atoms with Gasteiger partial charge in [-0.15, -0.1) is 0 Å². The smallest absolute Gasteiger partial charge is 0.402 e. The molecule has 0 aromatic rings. The van der Waals surface area contributed by atoms with Crippen molar-refractivity contribution in [2.75, 3.05) is 13.1 Å². The van der Waals surface area contributed by atoms with Crippen LogP contribution in [0.5, 0.6) is 0 Å². The van der Waals surface area contributed by atoms with Gasteiger partial charge in [0, 0.05) is 12.6 Å². The highest BCUT2D eigenvalue weighted by atomic mass is 32.2. The number of carboxylic acid groups (broad SMARTS) is 1. The van der Waals surface area contributed by atoms with E-state index in [-0.39, 0.29) is 13.0 Å². The predicted octanol–water partition coefficient (Wildman–Crippen LogP) is 1.20. The van der Waals surface area contributed by atoms with E-state index in [1.54, 1.807) is 0 Å². The van der Waals surface area contributed by atoms with E-state index in [0.29, 0.717) is 34.3 Å². The Morgan fingerprint density at radius 2 is 1.86 bits per heavy atom. The van der Waals surface area contributed by atoms with Crippen LogP contribution in [0.2, 0.25) is 0 Å². The molecule has 0 amide bonds. The van der Waals surface area contributed by atoms with Gasteiger partial charge in [-0.1, -0.05) is 0 Å². The molecule has 1 heterocycles. The summed E-state index contributed by atoms with van der Waals surface area (Å²) in [5, 5.41) is 9.09. The maximum Gasteiger partial charge on any atom is 0.402 e. The molecule has 0 aromatic carbocycles. The van der Waals surface area contributed by atoms with Gasteiger partial charge < -0.3 is 5.11 Å². The van der Waals surface area contributed by atoms with Crippen LogP contribution in [0.3, 0.4) is 0 Å². The van der Waals surface area contributed by atoms with Gasteiger partial charge in [-0.05, 0) is 32.1 Å². The number of hydrogen-bond donors (Lipinski definition) is 1. The van der Waals surface area contributed by atoms with E-state index in [2.05, 4.69) is 0 Å². The third-order valence-corrected chi connectivity index (χ3v) is 5.67. The Kier molecular flexibility index (Phi) is 4.50. The quantitative estimate of drug-likeness (QED) is 0.821. The highest BCUT2D eigenvalue weighted by Crippen LogP contribution is 2.35. The molecule has 10 heteroatoms. The molecular weight excluding hydrogens is 313 g/mol. The molecule has 0 spiro atoms. The van der Waals surface area contributed by atoms with Crippen LogP contribution in [0.15, 0.2) is 0 Å². The number of carbonyl (C=O) groups is 1. The molecule has 1 saturated carbocycles. The average molecular weight is 330 g/mol. The maximum absolute atomic E-state index is 12.6. The minimum atomic E-state index is -4.65. The van der Waals surface area contributed by atoms with Crippen molar-refractivity contribution >= 4 is 16.2 Å². The van der Waals surface area contributed by atoms with Gasteiger partial charge in [-0.3, -0.25) is 4.79 Å². The van der Waals surface area contributed by atoms with E-state index >= 15 is 0 Å². The van der Waals surface area contributed by atoms with Crippen molar-refractivity contribution in [3.8, 4) is 0 Å². The second-order valence-electron chi connectivity index (χ2n) is 5.36. The second-order valence-corrected chi connectivity index (χ2v) is 7.19. The van der Waals surface area contributed by atoms with Crippen LogP contribution in [-0.2, 0) is 15.0 Å². The average Bonchev–Trinajstić information content (AvgIpc) is 3.19. The van der Waals surface area contributed by atoms with Gasteiger partial charge in [0.2, 0.25) is 0 Å². The van der Waals surface area contributed by atoms with Crippen LogP contribution in [0.1, 0.15) is 32.1 Å². The Morgan fingerprint density at radius 1 is 1.24 bits per heavy atom. The Hall–Kier alpha value is -0.870. The van der Waals surface area contributed by atoms with Crippen LogP contribution in [0.4, 0.5) is 13.2 Å². The van der Waals surface area contributed by atoms with E-state index in [1.165, 1.54) is 0 Å². The Bertz CT molecular complexity index is 504. The molecule has 2 rings (SSSR count). The monoisotopic (exact) mass is 330 g/mol. The lowest BCUT2D eigenvalue weighted by atomic mass is 10.1. The summed E-state index contributed by atoms with van der Waals surface area (Å²) in [6, 6.07) is -1.95. The van der Waals surface area contributed by atoms with E-state index in [0.717, 1.165) is 0 Å². The van der Waals surface area contributed by atoms with E-state index < -0.39 is 41.0 Å². The normalized spacial score (nSPS) is 25.2. The molecule has 21 heavy (non-hydrogen) atoms. The number of halogens is 3. The summed E-state index contributed by atoms with van der Waals surface area (Å²) >= 11 is 0. The summed E-state index contributed by atoms with van der Waals surface area (Å²) in [6.45, 7) is -1.62. The van der Waals surface area contributed by atoms with Crippen LogP contribution in [-0.4, -0.2) is 59.5 Å². The first kappa shape index (κ1) is 16.5. The number of hydrogen-bond acceptors (Lipinski definition) is 3. The first-order valence-corrected chi connectivity index (χ1v) is 8.11. The van der Waals surface area contributed by atoms with Gasteiger partial charge >= 0.3 is 12.1 Å². The molecule has 2 aliphatic rings. The molecule has 1 atom stereocenters. The van der Waals surface area contributed by atoms with Gasteiger partial charge in [0.15, 0.2) is 0 Å². The number of piperidine rings is 1. The lowest BCUT2D eigenvalue weighted by Crippen LogP contribution is -2.55. The third kappa shape index (κ3) is 3.86. The summed E-state index contributed by atoms with van der Waals surface area (Å²) in [6.07, 6.45) is -2.77. The number of nitrogens with zero attached hydrogens (tertiary/aromatic N) is 2. The highest BCUT2D eigenvalue weighted by molar-refractivity contribution is 7.86. The molecule has 1 N–H and O–H groups in total. The van der Waals surface area contributed by atoms with Crippen molar-refractivity contribution in [2.45, 2.75) is 50.4 Å². The van der Waals surface area contributed by atoms with Crippen molar-refractivity contribution in [1.29, 1.82) is 0 Å². The molecule has 2 fully saturated rings. The van der Waals surface area contributed by atoms with Gasteiger partial charge in [-0.25, -0.2) is 0 Å². The molecule has 1 unspecified atom stereocenters. The first-order valence-electron chi connectivity index (χ1n) is 6.71. The summed E-state index contributed by atoms with van der Waals surface area (Å²) in [7, 11) is -4.42. The van der Waals surface area contributed by atoms with Crippen molar-refractivity contribution in [3.05, 3.63) is 0 Å². The van der Waals surface area contributed by atoms with E-state index in [4.69, 9.17) is 5.11 Å². The van der Waals surface area contributed by atoms with Gasteiger partial charge in [-0.2, -0.15) is 30.2 Å². The zero-order valence-electron chi connectivity index (χ0n) is 11.2. The van der Waals surface area contributed by atoms with Crippen molar-refractivity contribution in [3.63, 3.8) is 0 Å². The molecule has 1 saturated heterocycles. The molecule has 6 nitrogen and oxygen atoms in total. The SMILES string of the molecule is O=C(O)C1CCCCN1S(=O)(=O)N(CC(F)(F)F)C1CC1. The minimum Gasteiger partial charge on any atom is -0.480 e. The number of carboxylic acids is 1. The summed E-state index contributed by atoms with van der Waals surface area (Å²) in [5.74, 6) is -1.32. The fourth-order valence-corrected chi connectivity index (χ4v) is 4.54. The predicted molar refractivity (Wildman–Crippen MR) is 66.7 cm³/mol. The fraction of sp³-hybridized carbons (Fsp3) is 0.909. The zero-order chi connectivity index (χ0) is 15.8. The number of aliphatic carboxylic acids is 1. The third-order valence-electron chi connectivity index (χ3n) is 3.62. The molecular formula is C11H17F3N2O4S. The Labute approximate surface area is 120 Å². The van der Waals surface area contributed by atoms with E-state index in [1.807, 2.05) is 0 Å². The van der Waals surface area contributed by atoms with Crippen LogP contribution in [0.25, 0.3) is 0 Å². The lowest BCUT2D eigenvalue weighted by Gasteiger charge is -2.36. The minimum absolute atomic E-state index is 0.0552. The number of rotatable bonds is 5. The van der Waals surface area contributed by atoms with Crippen LogP contribution >= 0.6 is 0 Å². The molecule has 122 valence electrons. The molecule has 1 aliphatic carbocycles. The molecule has 0 aromatic heterocycles. The van der Waals surface area contributed by atoms with E-state index in [9.17, 15) is 26.4 Å². The molecule has 0 radical (unpaired) electrons. The Balaban J connectivity index is 2.26. The summed E-state index contributed by atoms with van der Waals surface area (Å²) in [4.78, 5) is 11.2. The highest BCUT2D eigenvalue weighted by Gasteiger charge is 2.49. The van der Waals surface area contributed by atoms with Crippen LogP contribution in [0, 0.1) is 0 Å². The van der Waals surface area contributed by atoms with Crippen molar-refractivity contribution < 1.29 is 31.5 Å². The van der Waals surface area contributed by atoms with Crippen molar-refractivity contribution in [2.24, 2.45) is 0 Å². The van der Waals surface area contributed by atoms with Crippen molar-refractivity contribution in [1.82, 2.24) is 8.61 Å².